The van der Waals surface area contributed by atoms with Gasteiger partial charge in [0.15, 0.2) is 0 Å². The fourth-order valence-corrected chi connectivity index (χ4v) is 5.38. The van der Waals surface area contributed by atoms with Crippen LogP contribution in [-0.4, -0.2) is 82.7 Å². The van der Waals surface area contributed by atoms with Gasteiger partial charge in [-0.1, -0.05) is 103 Å². The largest absolute Gasteiger partial charge is 0.377 e. The van der Waals surface area contributed by atoms with Crippen LogP contribution < -0.4 is 0 Å². The lowest BCUT2D eigenvalue weighted by Gasteiger charge is -2.36. The van der Waals surface area contributed by atoms with Crippen LogP contribution in [0.25, 0.3) is 0 Å². The molecule has 0 atom stereocenters. The Balaban J connectivity index is 0.948. The van der Waals surface area contributed by atoms with Crippen LogP contribution >= 0.6 is 0 Å². The number of benzene rings is 4. The molecule has 0 bridgehead atoms. The summed E-state index contributed by atoms with van der Waals surface area (Å²) in [6.07, 6.45) is 0. The highest BCUT2D eigenvalue weighted by Gasteiger charge is 2.37. The average Bonchev–Trinajstić information content (AvgIpc) is 3.34. The van der Waals surface area contributed by atoms with Crippen LogP contribution in [-0.2, 0) is 29.3 Å². The fourth-order valence-electron chi connectivity index (χ4n) is 5.38. The zero-order valence-electron chi connectivity index (χ0n) is 25.3. The third-order valence-corrected chi connectivity index (χ3v) is 7.54. The van der Waals surface area contributed by atoms with Crippen molar-refractivity contribution in [1.82, 2.24) is 4.90 Å². The second-order valence-electron chi connectivity index (χ2n) is 10.4. The molecule has 0 spiro atoms. The molecule has 5 rings (SSSR count). The van der Waals surface area contributed by atoms with Crippen LogP contribution in [0.15, 0.2) is 115 Å². The molecule has 0 fully saturated rings. The molecule has 45 heavy (non-hydrogen) atoms. The van der Waals surface area contributed by atoms with Gasteiger partial charge in [0.1, 0.15) is 5.60 Å². The van der Waals surface area contributed by atoms with Crippen LogP contribution in [0.4, 0.5) is 0 Å². The van der Waals surface area contributed by atoms with Gasteiger partial charge in [0.25, 0.3) is 11.8 Å². The molecule has 8 heteroatoms. The van der Waals surface area contributed by atoms with Crippen molar-refractivity contribution < 1.29 is 33.3 Å². The number of hydrogen-bond donors (Lipinski definition) is 0. The summed E-state index contributed by atoms with van der Waals surface area (Å²) in [5, 5.41) is 0. The summed E-state index contributed by atoms with van der Waals surface area (Å²) in [7, 11) is 0. The summed E-state index contributed by atoms with van der Waals surface area (Å²) >= 11 is 0. The van der Waals surface area contributed by atoms with Crippen molar-refractivity contribution in [2.45, 2.75) is 5.60 Å². The van der Waals surface area contributed by atoms with Crippen LogP contribution in [0, 0.1) is 0 Å². The predicted molar refractivity (Wildman–Crippen MR) is 170 cm³/mol. The van der Waals surface area contributed by atoms with E-state index < -0.39 is 5.60 Å². The minimum Gasteiger partial charge on any atom is -0.377 e. The molecule has 2 amide bonds. The van der Waals surface area contributed by atoms with Crippen molar-refractivity contribution in [2.75, 3.05) is 66.0 Å². The molecule has 0 saturated heterocycles. The Labute approximate surface area is 264 Å². The molecule has 4 aromatic carbocycles. The molecule has 4 aromatic rings. The van der Waals surface area contributed by atoms with E-state index in [9.17, 15) is 9.59 Å². The van der Waals surface area contributed by atoms with Gasteiger partial charge in [-0.15, -0.1) is 0 Å². The Morgan fingerprint density at radius 2 is 0.756 bits per heavy atom. The summed E-state index contributed by atoms with van der Waals surface area (Å²) in [5.74, 6) is -0.549. The summed E-state index contributed by atoms with van der Waals surface area (Å²) in [6, 6.07) is 37.7. The summed E-state index contributed by atoms with van der Waals surface area (Å²) < 4.78 is 29.2. The van der Waals surface area contributed by atoms with E-state index in [0.717, 1.165) is 16.7 Å². The first kappa shape index (κ1) is 32.2. The van der Waals surface area contributed by atoms with Crippen LogP contribution in [0.1, 0.15) is 37.4 Å². The van der Waals surface area contributed by atoms with E-state index in [0.29, 0.717) is 64.0 Å². The van der Waals surface area contributed by atoms with E-state index in [2.05, 4.69) is 36.4 Å². The number of carbonyl (C=O) groups excluding carboxylic acids is 2. The van der Waals surface area contributed by atoms with E-state index in [1.807, 2.05) is 54.6 Å². The number of carbonyl (C=O) groups is 2. The number of ether oxygens (including phenoxy) is 5. The van der Waals surface area contributed by atoms with Crippen molar-refractivity contribution >= 4 is 11.8 Å². The SMILES string of the molecule is O=C1c2ccccc2C(=O)N1CCOCCOCCOCCOCCOC(c1ccccc1)(c1ccccc1)c1ccccc1. The average molecular weight is 610 g/mol. The maximum Gasteiger partial charge on any atom is 0.261 e. The Hall–Kier alpha value is -4.18. The summed E-state index contributed by atoms with van der Waals surface area (Å²) in [4.78, 5) is 26.0. The molecule has 0 aromatic heterocycles. The molecule has 0 saturated carbocycles. The van der Waals surface area contributed by atoms with Crippen molar-refractivity contribution in [2.24, 2.45) is 0 Å². The van der Waals surface area contributed by atoms with Gasteiger partial charge in [0.05, 0.1) is 77.1 Å². The van der Waals surface area contributed by atoms with E-state index in [4.69, 9.17) is 23.7 Å². The Morgan fingerprint density at radius 3 is 1.16 bits per heavy atom. The number of fused-ring (bicyclic) bond motifs is 1. The number of nitrogens with zero attached hydrogens (tertiary/aromatic N) is 1. The molecule has 0 unspecified atom stereocenters. The molecule has 1 aliphatic heterocycles. The van der Waals surface area contributed by atoms with Crippen molar-refractivity contribution in [3.8, 4) is 0 Å². The van der Waals surface area contributed by atoms with Gasteiger partial charge < -0.3 is 23.7 Å². The lowest BCUT2D eigenvalue weighted by Crippen LogP contribution is -2.34. The maximum absolute atomic E-state index is 12.4. The highest BCUT2D eigenvalue weighted by molar-refractivity contribution is 6.21. The van der Waals surface area contributed by atoms with E-state index in [1.165, 1.54) is 4.90 Å². The number of rotatable bonds is 19. The van der Waals surface area contributed by atoms with Crippen LogP contribution in [0.5, 0.6) is 0 Å². The molecule has 0 N–H and O–H groups in total. The molecule has 234 valence electrons. The lowest BCUT2D eigenvalue weighted by molar-refractivity contribution is -0.0384. The van der Waals surface area contributed by atoms with E-state index >= 15 is 0 Å². The highest BCUT2D eigenvalue weighted by atomic mass is 16.6. The van der Waals surface area contributed by atoms with Gasteiger partial charge in [-0.2, -0.15) is 0 Å². The smallest absolute Gasteiger partial charge is 0.261 e. The summed E-state index contributed by atoms with van der Waals surface area (Å²) in [6.45, 7) is 3.81. The predicted octanol–water partition coefficient (Wildman–Crippen LogP) is 5.36. The third kappa shape index (κ3) is 8.11. The lowest BCUT2D eigenvalue weighted by atomic mass is 9.80. The van der Waals surface area contributed by atoms with Gasteiger partial charge in [-0.3, -0.25) is 14.5 Å². The first-order valence-electron chi connectivity index (χ1n) is 15.3. The quantitative estimate of drug-likeness (QED) is 0.0805. The Kier molecular flexibility index (Phi) is 12.0. The Morgan fingerprint density at radius 1 is 0.422 bits per heavy atom. The molecule has 0 radical (unpaired) electrons. The van der Waals surface area contributed by atoms with Gasteiger partial charge >= 0.3 is 0 Å². The Bertz CT molecular complexity index is 1350. The summed E-state index contributed by atoms with van der Waals surface area (Å²) in [5.41, 5.74) is 3.29. The van der Waals surface area contributed by atoms with Crippen molar-refractivity contribution in [3.05, 3.63) is 143 Å². The third-order valence-electron chi connectivity index (χ3n) is 7.54. The second-order valence-corrected chi connectivity index (χ2v) is 10.4. The molecule has 0 aliphatic carbocycles. The van der Waals surface area contributed by atoms with E-state index in [-0.39, 0.29) is 25.0 Å². The molecular formula is C37H39NO7. The van der Waals surface area contributed by atoms with Crippen LogP contribution in [0.3, 0.4) is 0 Å². The minimum absolute atomic E-state index is 0.215. The topological polar surface area (TPSA) is 83.5 Å². The molecule has 8 nitrogen and oxygen atoms in total. The number of hydrogen-bond acceptors (Lipinski definition) is 7. The number of amides is 2. The van der Waals surface area contributed by atoms with Crippen molar-refractivity contribution in [1.29, 1.82) is 0 Å². The first-order valence-corrected chi connectivity index (χ1v) is 15.3. The maximum atomic E-state index is 12.4. The highest BCUT2D eigenvalue weighted by Crippen LogP contribution is 2.40. The van der Waals surface area contributed by atoms with Gasteiger partial charge in [-0.25, -0.2) is 0 Å². The molecule has 1 aliphatic rings. The fraction of sp³-hybridized carbons (Fsp3) is 0.297. The van der Waals surface area contributed by atoms with Gasteiger partial charge in [0, 0.05) is 0 Å². The van der Waals surface area contributed by atoms with Gasteiger partial charge in [-0.05, 0) is 28.8 Å². The minimum atomic E-state index is -0.764. The first-order chi connectivity index (χ1) is 22.2. The normalized spacial score (nSPS) is 12.9. The van der Waals surface area contributed by atoms with Gasteiger partial charge in [0.2, 0.25) is 0 Å². The zero-order chi connectivity index (χ0) is 31.2. The molecular weight excluding hydrogens is 570 g/mol. The molecule has 1 heterocycles. The monoisotopic (exact) mass is 609 g/mol. The standard InChI is InChI=1S/C37H39NO7/c39-35-33-18-10-11-19-34(33)36(40)38(35)20-21-41-22-23-42-24-25-43-26-27-44-28-29-45-37(30-12-4-1-5-13-30,31-14-6-2-7-15-31)32-16-8-3-9-17-32/h1-19H,20-29H2. The second kappa shape index (κ2) is 16.8. The van der Waals surface area contributed by atoms with Crippen LogP contribution in [0.2, 0.25) is 0 Å². The van der Waals surface area contributed by atoms with Crippen molar-refractivity contribution in [3.63, 3.8) is 0 Å². The zero-order valence-corrected chi connectivity index (χ0v) is 25.3. The number of imide groups is 1. The van der Waals surface area contributed by atoms with E-state index in [1.54, 1.807) is 24.3 Å².